The van der Waals surface area contributed by atoms with Crippen molar-refractivity contribution in [2.75, 3.05) is 13.1 Å². The van der Waals surface area contributed by atoms with Gasteiger partial charge in [0.25, 0.3) is 0 Å². The minimum absolute atomic E-state index is 0.222. The second kappa shape index (κ2) is 3.77. The lowest BCUT2D eigenvalue weighted by Crippen LogP contribution is -2.28. The molecule has 5 nitrogen and oxygen atoms in total. The molecule has 0 unspecified atom stereocenters. The van der Waals surface area contributed by atoms with Crippen molar-refractivity contribution in [1.29, 1.82) is 0 Å². The number of carbonyl (C=O) groups is 1. The molecule has 1 aliphatic rings. The molecule has 0 bridgehead atoms. The molecule has 1 amide bonds. The zero-order valence-corrected chi connectivity index (χ0v) is 8.26. The maximum Gasteiger partial charge on any atom is 0.222 e. The average molecular weight is 194 g/mol. The molecule has 0 N–H and O–H groups in total. The summed E-state index contributed by atoms with van der Waals surface area (Å²) in [6.07, 6.45) is 4.88. The summed E-state index contributed by atoms with van der Waals surface area (Å²) in [5, 5.41) is 8.17. The normalized spacial score (nSPS) is 21.5. The first kappa shape index (κ1) is 9.18. The Morgan fingerprint density at radius 1 is 1.50 bits per heavy atom. The molecule has 0 aliphatic carbocycles. The van der Waals surface area contributed by atoms with Gasteiger partial charge in [0.1, 0.15) is 0 Å². The van der Waals surface area contributed by atoms with E-state index in [1.165, 1.54) is 0 Å². The molecule has 2 rings (SSSR count). The summed E-state index contributed by atoms with van der Waals surface area (Å²) in [6, 6.07) is 0.264. The summed E-state index contributed by atoms with van der Waals surface area (Å²) in [4.78, 5) is 15.0. The van der Waals surface area contributed by atoms with Crippen LogP contribution in [0.25, 0.3) is 0 Å². The van der Waals surface area contributed by atoms with E-state index in [1.54, 1.807) is 17.2 Å². The van der Waals surface area contributed by atoms with Gasteiger partial charge in [0, 0.05) is 19.5 Å². The zero-order chi connectivity index (χ0) is 9.97. The molecule has 1 saturated heterocycles. The van der Waals surface area contributed by atoms with Crippen molar-refractivity contribution < 1.29 is 4.79 Å². The third kappa shape index (κ3) is 1.62. The Morgan fingerprint density at radius 3 is 2.86 bits per heavy atom. The Balaban J connectivity index is 1.98. The zero-order valence-electron chi connectivity index (χ0n) is 8.26. The highest BCUT2D eigenvalue weighted by atomic mass is 16.2. The van der Waals surface area contributed by atoms with E-state index in [9.17, 15) is 4.79 Å². The molecule has 1 atom stereocenters. The molecular weight excluding hydrogens is 180 g/mol. The Hall–Kier alpha value is -1.39. The van der Waals surface area contributed by atoms with Crippen molar-refractivity contribution in [2.24, 2.45) is 0 Å². The van der Waals surface area contributed by atoms with Crippen molar-refractivity contribution in [3.05, 3.63) is 12.4 Å². The summed E-state index contributed by atoms with van der Waals surface area (Å²) in [6.45, 7) is 3.47. The van der Waals surface area contributed by atoms with Gasteiger partial charge < -0.3 is 4.90 Å². The number of nitrogens with zero attached hydrogens (tertiary/aromatic N) is 4. The van der Waals surface area contributed by atoms with Gasteiger partial charge in [0.15, 0.2) is 0 Å². The largest absolute Gasteiger partial charge is 0.340 e. The summed E-state index contributed by atoms with van der Waals surface area (Å²) in [5.74, 6) is 0.222. The number of likely N-dealkylation sites (tertiary alicyclic amines) is 1. The number of hydrogen-bond donors (Lipinski definition) is 0. The fraction of sp³-hybridized carbons (Fsp3) is 0.667. The number of aromatic nitrogens is 3. The van der Waals surface area contributed by atoms with Gasteiger partial charge in [-0.05, 0) is 6.42 Å². The predicted molar refractivity (Wildman–Crippen MR) is 50.5 cm³/mol. The van der Waals surface area contributed by atoms with E-state index in [2.05, 4.69) is 10.2 Å². The molecule has 1 aromatic rings. The van der Waals surface area contributed by atoms with Crippen LogP contribution in [0.15, 0.2) is 12.4 Å². The molecule has 0 radical (unpaired) electrons. The van der Waals surface area contributed by atoms with Crippen LogP contribution < -0.4 is 0 Å². The summed E-state index contributed by atoms with van der Waals surface area (Å²) < 4.78 is 0. The molecule has 1 aliphatic heterocycles. The lowest BCUT2D eigenvalue weighted by atomic mass is 10.3. The number of amides is 1. The number of rotatable bonds is 2. The highest BCUT2D eigenvalue weighted by Crippen LogP contribution is 2.19. The SMILES string of the molecule is CCC(=O)N1CC[C@H](n2nccn2)C1. The smallest absolute Gasteiger partial charge is 0.222 e. The standard InChI is InChI=1S/C9H14N4O/c1-2-9(14)12-6-3-8(7-12)13-10-4-5-11-13/h4-5,8H,2-3,6-7H2,1H3/t8-/m0/s1. The maximum atomic E-state index is 11.4. The summed E-state index contributed by atoms with van der Waals surface area (Å²) in [7, 11) is 0. The monoisotopic (exact) mass is 194 g/mol. The molecule has 76 valence electrons. The van der Waals surface area contributed by atoms with Crippen LogP contribution in [0.3, 0.4) is 0 Å². The van der Waals surface area contributed by atoms with E-state index in [1.807, 2.05) is 11.8 Å². The van der Waals surface area contributed by atoms with E-state index >= 15 is 0 Å². The highest BCUT2D eigenvalue weighted by molar-refractivity contribution is 5.76. The maximum absolute atomic E-state index is 11.4. The topological polar surface area (TPSA) is 51.0 Å². The molecule has 14 heavy (non-hydrogen) atoms. The Bertz CT molecular complexity index is 309. The predicted octanol–water partition coefficient (Wildman–Crippen LogP) is 0.462. The fourth-order valence-electron chi connectivity index (χ4n) is 1.80. The van der Waals surface area contributed by atoms with Crippen molar-refractivity contribution >= 4 is 5.91 Å². The van der Waals surface area contributed by atoms with Gasteiger partial charge in [-0.3, -0.25) is 4.79 Å². The van der Waals surface area contributed by atoms with Gasteiger partial charge in [-0.25, -0.2) is 0 Å². The molecule has 1 fully saturated rings. The second-order valence-corrected chi connectivity index (χ2v) is 3.49. The van der Waals surface area contributed by atoms with Crippen molar-refractivity contribution in [2.45, 2.75) is 25.8 Å². The molecule has 5 heteroatoms. The van der Waals surface area contributed by atoms with Gasteiger partial charge in [0.2, 0.25) is 5.91 Å². The van der Waals surface area contributed by atoms with Gasteiger partial charge in [-0.1, -0.05) is 6.92 Å². The van der Waals surface area contributed by atoms with Crippen LogP contribution in [-0.4, -0.2) is 38.9 Å². The van der Waals surface area contributed by atoms with Crippen molar-refractivity contribution in [3.63, 3.8) is 0 Å². The molecule has 0 saturated carbocycles. The van der Waals surface area contributed by atoms with Crippen molar-refractivity contribution in [3.8, 4) is 0 Å². The van der Waals surface area contributed by atoms with Crippen molar-refractivity contribution in [1.82, 2.24) is 19.9 Å². The first-order valence-electron chi connectivity index (χ1n) is 4.95. The van der Waals surface area contributed by atoms with E-state index in [4.69, 9.17) is 0 Å². The number of hydrogen-bond acceptors (Lipinski definition) is 3. The number of carbonyl (C=O) groups excluding carboxylic acids is 1. The second-order valence-electron chi connectivity index (χ2n) is 3.49. The molecule has 1 aromatic heterocycles. The molecule has 0 aromatic carbocycles. The van der Waals surface area contributed by atoms with Gasteiger partial charge in [-0.15, -0.1) is 0 Å². The lowest BCUT2D eigenvalue weighted by molar-refractivity contribution is -0.129. The van der Waals surface area contributed by atoms with Crippen LogP contribution in [0.4, 0.5) is 0 Å². The van der Waals surface area contributed by atoms with Crippen LogP contribution in [-0.2, 0) is 4.79 Å². The van der Waals surface area contributed by atoms with E-state index < -0.39 is 0 Å². The minimum atomic E-state index is 0.222. The molecular formula is C9H14N4O. The van der Waals surface area contributed by atoms with Crippen LogP contribution in [0, 0.1) is 0 Å². The van der Waals surface area contributed by atoms with E-state index in [-0.39, 0.29) is 11.9 Å². The van der Waals surface area contributed by atoms with Crippen LogP contribution >= 0.6 is 0 Å². The molecule has 0 spiro atoms. The first-order valence-corrected chi connectivity index (χ1v) is 4.95. The van der Waals surface area contributed by atoms with Gasteiger partial charge >= 0.3 is 0 Å². The summed E-state index contributed by atoms with van der Waals surface area (Å²) in [5.41, 5.74) is 0. The third-order valence-electron chi connectivity index (χ3n) is 2.58. The lowest BCUT2D eigenvalue weighted by Gasteiger charge is -2.14. The fourth-order valence-corrected chi connectivity index (χ4v) is 1.80. The Labute approximate surface area is 82.7 Å². The Kier molecular flexibility index (Phi) is 2.47. The van der Waals surface area contributed by atoms with Crippen LogP contribution in [0.2, 0.25) is 0 Å². The quantitative estimate of drug-likeness (QED) is 0.687. The minimum Gasteiger partial charge on any atom is -0.340 e. The van der Waals surface area contributed by atoms with E-state index in [0.29, 0.717) is 6.42 Å². The Morgan fingerprint density at radius 2 is 2.21 bits per heavy atom. The average Bonchev–Trinajstić information content (AvgIpc) is 2.86. The first-order chi connectivity index (χ1) is 6.81. The van der Waals surface area contributed by atoms with E-state index in [0.717, 1.165) is 19.5 Å². The molecule has 2 heterocycles. The van der Waals surface area contributed by atoms with Gasteiger partial charge in [0.05, 0.1) is 18.4 Å². The van der Waals surface area contributed by atoms with Crippen LogP contribution in [0.1, 0.15) is 25.8 Å². The summed E-state index contributed by atoms with van der Waals surface area (Å²) >= 11 is 0. The van der Waals surface area contributed by atoms with Gasteiger partial charge in [-0.2, -0.15) is 15.0 Å². The third-order valence-corrected chi connectivity index (χ3v) is 2.58. The van der Waals surface area contributed by atoms with Crippen LogP contribution in [0.5, 0.6) is 0 Å². The highest BCUT2D eigenvalue weighted by Gasteiger charge is 2.27.